The van der Waals surface area contributed by atoms with Gasteiger partial charge in [0.1, 0.15) is 5.75 Å². The molecule has 0 fully saturated rings. The summed E-state index contributed by atoms with van der Waals surface area (Å²) in [6.07, 6.45) is 1.84. The average Bonchev–Trinajstić information content (AvgIpc) is 2.40. The van der Waals surface area contributed by atoms with Crippen molar-refractivity contribution in [3.05, 3.63) is 28.8 Å². The number of methoxy groups -OCH3 is 1. The van der Waals surface area contributed by atoms with Gasteiger partial charge in [-0.1, -0.05) is 31.5 Å². The molecular formula is C15H25ClIN3O. The molecule has 0 heterocycles. The molecule has 0 bridgehead atoms. The Balaban J connectivity index is 0.00000400. The second-order valence-corrected chi connectivity index (χ2v) is 5.49. The maximum absolute atomic E-state index is 6.17. The van der Waals surface area contributed by atoms with Gasteiger partial charge in [0.2, 0.25) is 0 Å². The second kappa shape index (κ2) is 11.0. The second-order valence-electron chi connectivity index (χ2n) is 5.08. The number of rotatable bonds is 7. The molecule has 3 N–H and O–H groups in total. The number of nitrogens with two attached hydrogens (primary N) is 1. The van der Waals surface area contributed by atoms with Crippen LogP contribution < -0.4 is 15.8 Å². The number of hydrogen-bond donors (Lipinski definition) is 2. The zero-order valence-corrected chi connectivity index (χ0v) is 15.9. The molecule has 4 nitrogen and oxygen atoms in total. The molecule has 0 atom stereocenters. The van der Waals surface area contributed by atoms with E-state index in [4.69, 9.17) is 22.1 Å². The smallest absolute Gasteiger partial charge is 0.188 e. The van der Waals surface area contributed by atoms with E-state index in [2.05, 4.69) is 24.2 Å². The average molecular weight is 426 g/mol. The number of benzene rings is 1. The van der Waals surface area contributed by atoms with Gasteiger partial charge < -0.3 is 15.8 Å². The Bertz CT molecular complexity index is 453. The van der Waals surface area contributed by atoms with Crippen LogP contribution in [0.4, 0.5) is 0 Å². The Labute approximate surface area is 149 Å². The molecule has 0 amide bonds. The fraction of sp³-hybridized carbons (Fsp3) is 0.533. The summed E-state index contributed by atoms with van der Waals surface area (Å²) in [5.41, 5.74) is 6.86. The molecule has 0 saturated carbocycles. The summed E-state index contributed by atoms with van der Waals surface area (Å²) in [4.78, 5) is 4.28. The van der Waals surface area contributed by atoms with Crippen LogP contribution in [0.5, 0.6) is 5.75 Å². The Hall–Kier alpha value is -0.690. The van der Waals surface area contributed by atoms with Gasteiger partial charge >= 0.3 is 0 Å². The van der Waals surface area contributed by atoms with Crippen molar-refractivity contribution in [1.82, 2.24) is 5.32 Å². The third kappa shape index (κ3) is 8.36. The highest BCUT2D eigenvalue weighted by molar-refractivity contribution is 14.0. The van der Waals surface area contributed by atoms with Crippen molar-refractivity contribution in [1.29, 1.82) is 0 Å². The molecular weight excluding hydrogens is 401 g/mol. The fourth-order valence-corrected chi connectivity index (χ4v) is 1.95. The summed E-state index contributed by atoms with van der Waals surface area (Å²) >= 11 is 6.17. The predicted octanol–water partition coefficient (Wildman–Crippen LogP) is 3.46. The highest BCUT2D eigenvalue weighted by Crippen LogP contribution is 2.22. The zero-order chi connectivity index (χ0) is 15.0. The quantitative estimate of drug-likeness (QED) is 0.399. The monoisotopic (exact) mass is 425 g/mol. The molecule has 0 aliphatic carbocycles. The first-order valence-corrected chi connectivity index (χ1v) is 7.27. The highest BCUT2D eigenvalue weighted by atomic mass is 127. The normalized spacial score (nSPS) is 11.2. The Morgan fingerprint density at radius 1 is 1.43 bits per heavy atom. The maximum Gasteiger partial charge on any atom is 0.188 e. The van der Waals surface area contributed by atoms with E-state index in [1.807, 2.05) is 18.2 Å². The Morgan fingerprint density at radius 2 is 2.14 bits per heavy atom. The lowest BCUT2D eigenvalue weighted by Crippen LogP contribution is -2.33. The molecule has 0 spiro atoms. The van der Waals surface area contributed by atoms with Gasteiger partial charge in [-0.25, -0.2) is 0 Å². The van der Waals surface area contributed by atoms with Crippen LogP contribution in [0.3, 0.4) is 0 Å². The van der Waals surface area contributed by atoms with Gasteiger partial charge in [-0.15, -0.1) is 24.0 Å². The van der Waals surface area contributed by atoms with Gasteiger partial charge in [-0.2, -0.15) is 0 Å². The van der Waals surface area contributed by atoms with E-state index in [0.717, 1.165) is 30.7 Å². The topological polar surface area (TPSA) is 59.6 Å². The van der Waals surface area contributed by atoms with Crippen molar-refractivity contribution in [2.75, 3.05) is 20.2 Å². The molecule has 21 heavy (non-hydrogen) atoms. The molecule has 1 rings (SSSR count). The van der Waals surface area contributed by atoms with Gasteiger partial charge in [0.25, 0.3) is 0 Å². The number of aliphatic imine (C=N–C) groups is 1. The SMILES string of the molecule is COc1ccc(CCNC(N)=NCCC(C)C)c(Cl)c1.I. The number of hydrogen-bond acceptors (Lipinski definition) is 2. The summed E-state index contributed by atoms with van der Waals surface area (Å²) in [5, 5.41) is 3.81. The first-order valence-electron chi connectivity index (χ1n) is 6.89. The van der Waals surface area contributed by atoms with Gasteiger partial charge in [-0.3, -0.25) is 4.99 Å². The molecule has 0 aromatic heterocycles. The van der Waals surface area contributed by atoms with Gasteiger partial charge in [0, 0.05) is 18.1 Å². The van der Waals surface area contributed by atoms with Crippen LogP contribution in [0, 0.1) is 5.92 Å². The standard InChI is InChI=1S/C15H24ClN3O.HI/c1-11(2)6-8-18-15(17)19-9-7-12-4-5-13(20-3)10-14(12)16;/h4-5,10-11H,6-9H2,1-3H3,(H3,17,18,19);1H. The van der Waals surface area contributed by atoms with Crippen LogP contribution in [0.25, 0.3) is 0 Å². The van der Waals surface area contributed by atoms with Crippen molar-refractivity contribution in [3.63, 3.8) is 0 Å². The van der Waals surface area contributed by atoms with E-state index in [1.165, 1.54) is 0 Å². The van der Waals surface area contributed by atoms with E-state index in [9.17, 15) is 0 Å². The van der Waals surface area contributed by atoms with E-state index >= 15 is 0 Å². The number of ether oxygens (including phenoxy) is 1. The minimum absolute atomic E-state index is 0. The lowest BCUT2D eigenvalue weighted by Gasteiger charge is -2.09. The first kappa shape index (κ1) is 20.3. The van der Waals surface area contributed by atoms with Crippen molar-refractivity contribution in [2.24, 2.45) is 16.6 Å². The fourth-order valence-electron chi connectivity index (χ4n) is 1.68. The summed E-state index contributed by atoms with van der Waals surface area (Å²) in [7, 11) is 1.63. The van der Waals surface area contributed by atoms with E-state index in [0.29, 0.717) is 23.4 Å². The van der Waals surface area contributed by atoms with E-state index in [1.54, 1.807) is 7.11 Å². The number of nitrogens with zero attached hydrogens (tertiary/aromatic N) is 1. The third-order valence-electron chi connectivity index (χ3n) is 2.95. The van der Waals surface area contributed by atoms with Gasteiger partial charge in [0.05, 0.1) is 7.11 Å². The van der Waals surface area contributed by atoms with Crippen LogP contribution in [0.15, 0.2) is 23.2 Å². The lowest BCUT2D eigenvalue weighted by atomic mass is 10.1. The molecule has 0 aliphatic heterocycles. The largest absolute Gasteiger partial charge is 0.497 e. The lowest BCUT2D eigenvalue weighted by molar-refractivity contribution is 0.414. The number of guanidine groups is 1. The van der Waals surface area contributed by atoms with Crippen LogP contribution in [-0.2, 0) is 6.42 Å². The Morgan fingerprint density at radius 3 is 2.71 bits per heavy atom. The molecule has 1 aromatic carbocycles. The van der Waals surface area contributed by atoms with Gasteiger partial charge in [-0.05, 0) is 36.5 Å². The molecule has 0 unspecified atom stereocenters. The van der Waals surface area contributed by atoms with Crippen molar-refractivity contribution >= 4 is 41.5 Å². The molecule has 0 aliphatic rings. The summed E-state index contributed by atoms with van der Waals surface area (Å²) < 4.78 is 5.12. The molecule has 120 valence electrons. The van der Waals surface area contributed by atoms with Crippen LogP contribution in [0.1, 0.15) is 25.8 Å². The molecule has 0 saturated heterocycles. The van der Waals surface area contributed by atoms with Crippen LogP contribution >= 0.6 is 35.6 Å². The highest BCUT2D eigenvalue weighted by Gasteiger charge is 2.02. The Kier molecular flexibility index (Phi) is 10.6. The summed E-state index contributed by atoms with van der Waals surface area (Å²) in [6, 6.07) is 5.69. The minimum atomic E-state index is 0. The third-order valence-corrected chi connectivity index (χ3v) is 3.30. The van der Waals surface area contributed by atoms with Crippen LogP contribution in [0.2, 0.25) is 5.02 Å². The van der Waals surface area contributed by atoms with Crippen molar-refractivity contribution < 1.29 is 4.74 Å². The molecule has 6 heteroatoms. The minimum Gasteiger partial charge on any atom is -0.497 e. The van der Waals surface area contributed by atoms with Crippen molar-refractivity contribution in [3.8, 4) is 5.75 Å². The van der Waals surface area contributed by atoms with Crippen LogP contribution in [-0.4, -0.2) is 26.2 Å². The van der Waals surface area contributed by atoms with E-state index < -0.39 is 0 Å². The molecule has 1 aromatic rings. The number of halogens is 2. The predicted molar refractivity (Wildman–Crippen MR) is 101 cm³/mol. The summed E-state index contributed by atoms with van der Waals surface area (Å²) in [5.74, 6) is 1.90. The first-order chi connectivity index (χ1) is 9.52. The van der Waals surface area contributed by atoms with E-state index in [-0.39, 0.29) is 24.0 Å². The zero-order valence-electron chi connectivity index (χ0n) is 12.9. The molecule has 0 radical (unpaired) electrons. The van der Waals surface area contributed by atoms with Crippen molar-refractivity contribution in [2.45, 2.75) is 26.7 Å². The maximum atomic E-state index is 6.17. The summed E-state index contributed by atoms with van der Waals surface area (Å²) in [6.45, 7) is 5.82. The number of nitrogens with one attached hydrogen (secondary N) is 1. The van der Waals surface area contributed by atoms with Gasteiger partial charge in [0.15, 0.2) is 5.96 Å².